The molecular weight excluding hydrogens is 396 g/mol. The van der Waals surface area contributed by atoms with Crippen molar-refractivity contribution in [2.45, 2.75) is 0 Å². The first-order valence-electron chi connectivity index (χ1n) is 7.73. The SMILES string of the molecule is CN(C)CCN(C(=O)c1ccc(F)cc1Cl)c1nc2ccccc2s1.Cl. The fraction of sp³-hybridized carbons (Fsp3) is 0.222. The number of benzene rings is 2. The van der Waals surface area contributed by atoms with Gasteiger partial charge in [-0.25, -0.2) is 9.37 Å². The third-order valence-corrected chi connectivity index (χ3v) is 5.06. The van der Waals surface area contributed by atoms with Crippen molar-refractivity contribution in [3.63, 3.8) is 0 Å². The molecule has 1 amide bonds. The van der Waals surface area contributed by atoms with Gasteiger partial charge >= 0.3 is 0 Å². The van der Waals surface area contributed by atoms with Crippen LogP contribution in [0.25, 0.3) is 10.2 Å². The summed E-state index contributed by atoms with van der Waals surface area (Å²) in [4.78, 5) is 21.2. The number of halogens is 3. The molecule has 0 saturated carbocycles. The highest BCUT2D eigenvalue weighted by atomic mass is 35.5. The van der Waals surface area contributed by atoms with Gasteiger partial charge in [0, 0.05) is 13.1 Å². The van der Waals surface area contributed by atoms with Crippen molar-refractivity contribution in [3.8, 4) is 0 Å². The third kappa shape index (κ3) is 4.51. The Labute approximate surface area is 166 Å². The lowest BCUT2D eigenvalue weighted by Gasteiger charge is -2.22. The summed E-state index contributed by atoms with van der Waals surface area (Å²) >= 11 is 7.53. The van der Waals surface area contributed by atoms with Crippen LogP contribution in [0.3, 0.4) is 0 Å². The fourth-order valence-corrected chi connectivity index (χ4v) is 3.61. The van der Waals surface area contributed by atoms with E-state index in [0.717, 1.165) is 16.3 Å². The molecule has 0 bridgehead atoms. The molecule has 0 N–H and O–H groups in total. The smallest absolute Gasteiger partial charge is 0.261 e. The number of nitrogens with zero attached hydrogens (tertiary/aromatic N) is 3. The van der Waals surface area contributed by atoms with Crippen LogP contribution in [0.4, 0.5) is 9.52 Å². The summed E-state index contributed by atoms with van der Waals surface area (Å²) < 4.78 is 14.3. The lowest BCUT2D eigenvalue weighted by atomic mass is 10.2. The number of fused-ring (bicyclic) bond motifs is 1. The minimum atomic E-state index is -0.471. The van der Waals surface area contributed by atoms with Crippen molar-refractivity contribution in [3.05, 3.63) is 58.9 Å². The van der Waals surface area contributed by atoms with Crippen molar-refractivity contribution < 1.29 is 9.18 Å². The number of hydrogen-bond acceptors (Lipinski definition) is 4. The van der Waals surface area contributed by atoms with Gasteiger partial charge in [-0.1, -0.05) is 35.1 Å². The van der Waals surface area contributed by atoms with E-state index in [9.17, 15) is 9.18 Å². The number of carbonyl (C=O) groups is 1. The van der Waals surface area contributed by atoms with Gasteiger partial charge in [-0.3, -0.25) is 9.69 Å². The molecule has 2 aromatic carbocycles. The number of thiazole rings is 1. The molecule has 0 aliphatic carbocycles. The van der Waals surface area contributed by atoms with Crippen molar-refractivity contribution >= 4 is 56.6 Å². The van der Waals surface area contributed by atoms with Gasteiger partial charge in [0.15, 0.2) is 5.13 Å². The molecule has 0 fully saturated rings. The van der Waals surface area contributed by atoms with Gasteiger partial charge in [0.2, 0.25) is 0 Å². The largest absolute Gasteiger partial charge is 0.308 e. The van der Waals surface area contributed by atoms with Crippen molar-refractivity contribution in [1.82, 2.24) is 9.88 Å². The Bertz CT molecular complexity index is 883. The summed E-state index contributed by atoms with van der Waals surface area (Å²) in [7, 11) is 3.87. The summed E-state index contributed by atoms with van der Waals surface area (Å²) in [5.74, 6) is -0.757. The number of rotatable bonds is 5. The molecule has 0 radical (unpaired) electrons. The second-order valence-electron chi connectivity index (χ2n) is 5.85. The van der Waals surface area contributed by atoms with Gasteiger partial charge in [0.1, 0.15) is 5.82 Å². The molecule has 0 spiro atoms. The van der Waals surface area contributed by atoms with E-state index in [-0.39, 0.29) is 28.9 Å². The van der Waals surface area contributed by atoms with Gasteiger partial charge in [0.05, 0.1) is 20.8 Å². The van der Waals surface area contributed by atoms with Crippen LogP contribution in [0.1, 0.15) is 10.4 Å². The second kappa shape index (κ2) is 8.77. The Morgan fingerprint density at radius 2 is 1.92 bits per heavy atom. The van der Waals surface area contributed by atoms with Gasteiger partial charge < -0.3 is 4.90 Å². The number of aromatic nitrogens is 1. The predicted molar refractivity (Wildman–Crippen MR) is 109 cm³/mol. The molecule has 138 valence electrons. The first kappa shape index (κ1) is 20.6. The molecule has 4 nitrogen and oxygen atoms in total. The molecule has 1 heterocycles. The maximum absolute atomic E-state index is 13.3. The molecule has 1 aromatic heterocycles. The van der Waals surface area contributed by atoms with Crippen LogP contribution in [0.5, 0.6) is 0 Å². The van der Waals surface area contributed by atoms with Gasteiger partial charge in [-0.05, 0) is 44.4 Å². The average molecular weight is 414 g/mol. The van der Waals surface area contributed by atoms with Crippen LogP contribution in [-0.2, 0) is 0 Å². The van der Waals surface area contributed by atoms with Crippen molar-refractivity contribution in [2.75, 3.05) is 32.1 Å². The second-order valence-corrected chi connectivity index (χ2v) is 7.26. The highest BCUT2D eigenvalue weighted by Crippen LogP contribution is 2.30. The average Bonchev–Trinajstić information content (AvgIpc) is 2.98. The number of amides is 1. The summed E-state index contributed by atoms with van der Waals surface area (Å²) in [6, 6.07) is 11.5. The van der Waals surface area contributed by atoms with Crippen molar-refractivity contribution in [2.24, 2.45) is 0 Å². The van der Waals surface area contributed by atoms with Crippen LogP contribution in [-0.4, -0.2) is 43.0 Å². The summed E-state index contributed by atoms with van der Waals surface area (Å²) in [6.07, 6.45) is 0. The lowest BCUT2D eigenvalue weighted by Crippen LogP contribution is -2.36. The van der Waals surface area contributed by atoms with E-state index in [0.29, 0.717) is 18.2 Å². The molecule has 3 rings (SSSR count). The Hall–Kier alpha value is -1.73. The predicted octanol–water partition coefficient (Wildman–Crippen LogP) is 4.72. The van der Waals surface area contributed by atoms with E-state index < -0.39 is 5.82 Å². The van der Waals surface area contributed by atoms with Crippen molar-refractivity contribution in [1.29, 1.82) is 0 Å². The maximum atomic E-state index is 13.3. The van der Waals surface area contributed by atoms with E-state index in [4.69, 9.17) is 11.6 Å². The van der Waals surface area contributed by atoms with Gasteiger partial charge in [0.25, 0.3) is 5.91 Å². The maximum Gasteiger partial charge on any atom is 0.261 e. The molecule has 26 heavy (non-hydrogen) atoms. The molecular formula is C18H18Cl2FN3OS. The normalized spacial score (nSPS) is 10.8. The third-order valence-electron chi connectivity index (χ3n) is 3.69. The van der Waals surface area contributed by atoms with Crippen LogP contribution in [0.2, 0.25) is 5.02 Å². The fourth-order valence-electron chi connectivity index (χ4n) is 2.37. The first-order chi connectivity index (χ1) is 12.0. The zero-order valence-corrected chi connectivity index (χ0v) is 16.7. The number of hydrogen-bond donors (Lipinski definition) is 0. The molecule has 0 unspecified atom stereocenters. The topological polar surface area (TPSA) is 36.4 Å². The summed E-state index contributed by atoms with van der Waals surface area (Å²) in [5.41, 5.74) is 1.11. The summed E-state index contributed by atoms with van der Waals surface area (Å²) in [5, 5.41) is 0.703. The molecule has 0 saturated heterocycles. The van der Waals surface area contributed by atoms with Crippen LogP contribution < -0.4 is 4.90 Å². The standard InChI is InChI=1S/C18H17ClFN3OS.ClH/c1-22(2)9-10-23(17(24)13-8-7-12(20)11-14(13)19)18-21-15-5-3-4-6-16(15)25-18;/h3-8,11H,9-10H2,1-2H3;1H. The zero-order valence-electron chi connectivity index (χ0n) is 14.3. The summed E-state index contributed by atoms with van der Waals surface area (Å²) in [6.45, 7) is 1.12. The number of carbonyl (C=O) groups excluding carboxylic acids is 1. The highest BCUT2D eigenvalue weighted by molar-refractivity contribution is 7.22. The minimum absolute atomic E-state index is 0. The zero-order chi connectivity index (χ0) is 18.0. The minimum Gasteiger partial charge on any atom is -0.308 e. The van der Waals surface area contributed by atoms with Crippen LogP contribution in [0, 0.1) is 5.82 Å². The Kier molecular flexibility index (Phi) is 6.94. The van der Waals surface area contributed by atoms with E-state index >= 15 is 0 Å². The van der Waals surface area contributed by atoms with Gasteiger partial charge in [-0.2, -0.15) is 0 Å². The quantitative estimate of drug-likeness (QED) is 0.606. The van der Waals surface area contributed by atoms with E-state index in [1.165, 1.54) is 23.5 Å². The highest BCUT2D eigenvalue weighted by Gasteiger charge is 2.23. The van der Waals surface area contributed by atoms with E-state index in [1.807, 2.05) is 43.3 Å². The molecule has 0 aliphatic heterocycles. The molecule has 8 heteroatoms. The molecule has 0 aliphatic rings. The molecule has 0 atom stereocenters. The molecule has 3 aromatic rings. The van der Waals surface area contributed by atoms with E-state index in [2.05, 4.69) is 4.98 Å². The number of anilines is 1. The monoisotopic (exact) mass is 413 g/mol. The number of likely N-dealkylation sites (N-methyl/N-ethyl adjacent to an activating group) is 1. The number of para-hydroxylation sites is 1. The lowest BCUT2D eigenvalue weighted by molar-refractivity contribution is 0.0985. The Morgan fingerprint density at radius 3 is 2.58 bits per heavy atom. The van der Waals surface area contributed by atoms with Gasteiger partial charge in [-0.15, -0.1) is 12.4 Å². The van der Waals surface area contributed by atoms with E-state index in [1.54, 1.807) is 4.90 Å². The Balaban J connectivity index is 0.00000243. The Morgan fingerprint density at radius 1 is 1.19 bits per heavy atom. The van der Waals surface area contributed by atoms with Crippen LogP contribution in [0.15, 0.2) is 42.5 Å². The van der Waals surface area contributed by atoms with Crippen LogP contribution >= 0.6 is 35.3 Å². The first-order valence-corrected chi connectivity index (χ1v) is 8.92.